The van der Waals surface area contributed by atoms with Gasteiger partial charge in [0, 0.05) is 28.5 Å². The Labute approximate surface area is 123 Å². The highest BCUT2D eigenvalue weighted by Gasteiger charge is 2.14. The van der Waals surface area contributed by atoms with E-state index >= 15 is 0 Å². The van der Waals surface area contributed by atoms with Crippen LogP contribution in [-0.2, 0) is 6.54 Å². The molecular formula is C13H13BrN4S. The molecule has 4 nitrogen and oxygen atoms in total. The molecule has 0 aliphatic heterocycles. The van der Waals surface area contributed by atoms with E-state index in [4.69, 9.17) is 5.73 Å². The number of anilines is 1. The number of fused-ring (bicyclic) bond motifs is 1. The molecule has 0 saturated heterocycles. The number of halogens is 1. The maximum Gasteiger partial charge on any atom is 0.201 e. The first-order chi connectivity index (χ1) is 9.15. The van der Waals surface area contributed by atoms with E-state index in [1.165, 1.54) is 0 Å². The summed E-state index contributed by atoms with van der Waals surface area (Å²) in [6.45, 7) is 2.94. The Morgan fingerprint density at radius 1 is 1.47 bits per heavy atom. The SMILES string of the molecule is CC(Cn1c(N)nc2cc(Br)ccc21)c1nccs1. The molecule has 0 fully saturated rings. The van der Waals surface area contributed by atoms with Gasteiger partial charge in [0.05, 0.1) is 16.0 Å². The number of aromatic nitrogens is 3. The van der Waals surface area contributed by atoms with Crippen LogP contribution in [0.2, 0.25) is 0 Å². The van der Waals surface area contributed by atoms with Crippen molar-refractivity contribution in [3.05, 3.63) is 39.3 Å². The molecule has 3 rings (SSSR count). The summed E-state index contributed by atoms with van der Waals surface area (Å²) in [6.07, 6.45) is 1.84. The molecular weight excluding hydrogens is 324 g/mol. The van der Waals surface area contributed by atoms with E-state index in [1.807, 2.05) is 34.3 Å². The monoisotopic (exact) mass is 336 g/mol. The van der Waals surface area contributed by atoms with E-state index in [0.29, 0.717) is 11.9 Å². The molecule has 2 N–H and O–H groups in total. The van der Waals surface area contributed by atoms with Crippen molar-refractivity contribution in [3.63, 3.8) is 0 Å². The second-order valence-corrected chi connectivity index (χ2v) is 6.33. The minimum atomic E-state index is 0.323. The zero-order chi connectivity index (χ0) is 13.4. The van der Waals surface area contributed by atoms with E-state index in [2.05, 4.69) is 32.8 Å². The van der Waals surface area contributed by atoms with Crippen molar-refractivity contribution in [3.8, 4) is 0 Å². The minimum Gasteiger partial charge on any atom is -0.369 e. The third kappa shape index (κ3) is 2.37. The zero-order valence-electron chi connectivity index (χ0n) is 10.4. The number of rotatable bonds is 3. The molecule has 6 heteroatoms. The van der Waals surface area contributed by atoms with Crippen LogP contribution in [0.5, 0.6) is 0 Å². The van der Waals surface area contributed by atoms with Crippen LogP contribution in [0.25, 0.3) is 11.0 Å². The van der Waals surface area contributed by atoms with Gasteiger partial charge in [0.1, 0.15) is 0 Å². The Morgan fingerprint density at radius 3 is 3.05 bits per heavy atom. The summed E-state index contributed by atoms with van der Waals surface area (Å²) in [7, 11) is 0. The van der Waals surface area contributed by atoms with Crippen LogP contribution in [-0.4, -0.2) is 14.5 Å². The highest BCUT2D eigenvalue weighted by Crippen LogP contribution is 2.26. The number of nitrogens with two attached hydrogens (primary N) is 1. The molecule has 1 unspecified atom stereocenters. The molecule has 1 aromatic carbocycles. The normalized spacial score (nSPS) is 12.9. The summed E-state index contributed by atoms with van der Waals surface area (Å²) in [6, 6.07) is 6.03. The second-order valence-electron chi connectivity index (χ2n) is 4.49. The number of hydrogen-bond donors (Lipinski definition) is 1. The summed E-state index contributed by atoms with van der Waals surface area (Å²) in [5, 5.41) is 3.12. The number of hydrogen-bond acceptors (Lipinski definition) is 4. The fourth-order valence-corrected chi connectivity index (χ4v) is 3.18. The third-order valence-electron chi connectivity index (χ3n) is 3.07. The highest BCUT2D eigenvalue weighted by atomic mass is 79.9. The lowest BCUT2D eigenvalue weighted by molar-refractivity contribution is 0.614. The van der Waals surface area contributed by atoms with E-state index < -0.39 is 0 Å². The third-order valence-corrected chi connectivity index (χ3v) is 4.57. The highest BCUT2D eigenvalue weighted by molar-refractivity contribution is 9.10. The van der Waals surface area contributed by atoms with Crippen LogP contribution >= 0.6 is 27.3 Å². The van der Waals surface area contributed by atoms with Crippen LogP contribution < -0.4 is 5.73 Å². The lowest BCUT2D eigenvalue weighted by atomic mass is 10.2. The van der Waals surface area contributed by atoms with Crippen molar-refractivity contribution in [2.24, 2.45) is 0 Å². The quantitative estimate of drug-likeness (QED) is 0.794. The molecule has 19 heavy (non-hydrogen) atoms. The first-order valence-corrected chi connectivity index (χ1v) is 7.63. The summed E-state index contributed by atoms with van der Waals surface area (Å²) in [4.78, 5) is 8.76. The summed E-state index contributed by atoms with van der Waals surface area (Å²) in [5.74, 6) is 0.875. The van der Waals surface area contributed by atoms with E-state index in [9.17, 15) is 0 Å². The Hall–Kier alpha value is -1.40. The van der Waals surface area contributed by atoms with Crippen LogP contribution in [0.15, 0.2) is 34.2 Å². The summed E-state index contributed by atoms with van der Waals surface area (Å²) >= 11 is 5.12. The molecule has 3 aromatic rings. The number of nitrogens with zero attached hydrogens (tertiary/aromatic N) is 3. The van der Waals surface area contributed by atoms with Crippen molar-refractivity contribution in [1.29, 1.82) is 0 Å². The maximum atomic E-state index is 6.02. The first-order valence-electron chi connectivity index (χ1n) is 5.96. The molecule has 0 spiro atoms. The summed E-state index contributed by atoms with van der Waals surface area (Å²) in [5.41, 5.74) is 8.00. The van der Waals surface area contributed by atoms with Gasteiger partial charge < -0.3 is 10.3 Å². The average molecular weight is 337 g/mol. The molecule has 0 bridgehead atoms. The van der Waals surface area contributed by atoms with Crippen molar-refractivity contribution in [2.75, 3.05) is 5.73 Å². The first kappa shape index (κ1) is 12.6. The van der Waals surface area contributed by atoms with Crippen molar-refractivity contribution >= 4 is 44.2 Å². The van der Waals surface area contributed by atoms with E-state index in [1.54, 1.807) is 11.3 Å². The fraction of sp³-hybridized carbons (Fsp3) is 0.231. The van der Waals surface area contributed by atoms with Gasteiger partial charge in [-0.25, -0.2) is 9.97 Å². The number of imidazole rings is 1. The van der Waals surface area contributed by atoms with E-state index in [-0.39, 0.29) is 0 Å². The van der Waals surface area contributed by atoms with E-state index in [0.717, 1.165) is 27.1 Å². The van der Waals surface area contributed by atoms with Crippen LogP contribution in [0, 0.1) is 0 Å². The molecule has 0 saturated carbocycles. The predicted molar refractivity (Wildman–Crippen MR) is 82.4 cm³/mol. The minimum absolute atomic E-state index is 0.323. The van der Waals surface area contributed by atoms with Gasteiger partial charge in [-0.3, -0.25) is 0 Å². The Balaban J connectivity index is 1.98. The topological polar surface area (TPSA) is 56.7 Å². The molecule has 2 aromatic heterocycles. The average Bonchev–Trinajstić information content (AvgIpc) is 2.98. The van der Waals surface area contributed by atoms with Crippen LogP contribution in [0.3, 0.4) is 0 Å². The van der Waals surface area contributed by atoms with Crippen molar-refractivity contribution < 1.29 is 0 Å². The van der Waals surface area contributed by atoms with Crippen LogP contribution in [0.1, 0.15) is 17.8 Å². The Morgan fingerprint density at radius 2 is 2.32 bits per heavy atom. The largest absolute Gasteiger partial charge is 0.369 e. The van der Waals surface area contributed by atoms with Gasteiger partial charge >= 0.3 is 0 Å². The smallest absolute Gasteiger partial charge is 0.201 e. The lowest BCUT2D eigenvalue weighted by Gasteiger charge is -2.11. The van der Waals surface area contributed by atoms with Gasteiger partial charge in [-0.1, -0.05) is 22.9 Å². The maximum absolute atomic E-state index is 6.02. The van der Waals surface area contributed by atoms with Crippen LogP contribution in [0.4, 0.5) is 5.95 Å². The predicted octanol–water partition coefficient (Wildman–Crippen LogP) is 3.64. The lowest BCUT2D eigenvalue weighted by Crippen LogP contribution is -2.09. The number of thiazole rings is 1. The molecule has 2 heterocycles. The van der Waals surface area contributed by atoms with Gasteiger partial charge in [-0.15, -0.1) is 11.3 Å². The Kier molecular flexibility index (Phi) is 3.28. The number of nitrogen functional groups attached to an aromatic ring is 1. The van der Waals surface area contributed by atoms with Gasteiger partial charge in [-0.2, -0.15) is 0 Å². The van der Waals surface area contributed by atoms with Crippen molar-refractivity contribution in [2.45, 2.75) is 19.4 Å². The van der Waals surface area contributed by atoms with Gasteiger partial charge in [0.2, 0.25) is 5.95 Å². The van der Waals surface area contributed by atoms with Gasteiger partial charge in [-0.05, 0) is 18.2 Å². The molecule has 0 amide bonds. The molecule has 0 aliphatic rings. The Bertz CT molecular complexity index is 705. The molecule has 1 atom stereocenters. The molecule has 98 valence electrons. The zero-order valence-corrected chi connectivity index (χ0v) is 12.8. The second kappa shape index (κ2) is 4.94. The summed E-state index contributed by atoms with van der Waals surface area (Å²) < 4.78 is 3.06. The molecule has 0 radical (unpaired) electrons. The van der Waals surface area contributed by atoms with Gasteiger partial charge in [0.15, 0.2) is 0 Å². The number of benzene rings is 1. The fourth-order valence-electron chi connectivity index (χ4n) is 2.14. The van der Waals surface area contributed by atoms with Gasteiger partial charge in [0.25, 0.3) is 0 Å². The van der Waals surface area contributed by atoms with Crippen molar-refractivity contribution in [1.82, 2.24) is 14.5 Å². The molecule has 0 aliphatic carbocycles. The standard InChI is InChI=1S/C13H13BrN4S/c1-8(12-16-4-5-19-12)7-18-11-3-2-9(14)6-10(11)17-13(18)15/h2-6,8H,7H2,1H3,(H2,15,17).